The number of aliphatic hydroxyl groups excluding tert-OH is 1. The van der Waals surface area contributed by atoms with Crippen LogP contribution in [0.4, 0.5) is 0 Å². The summed E-state index contributed by atoms with van der Waals surface area (Å²) in [6.45, 7) is 6.42. The fraction of sp³-hybridized carbons (Fsp3) is 0.368. The zero-order chi connectivity index (χ0) is 15.4. The lowest BCUT2D eigenvalue weighted by Crippen LogP contribution is -2.03. The molecule has 2 atom stereocenters. The molecule has 0 saturated carbocycles. The maximum Gasteiger partial charge on any atom is 0.125 e. The van der Waals surface area contributed by atoms with Gasteiger partial charge in [-0.15, -0.1) is 0 Å². The molecule has 21 heavy (non-hydrogen) atoms. The Labute approximate surface area is 127 Å². The van der Waals surface area contributed by atoms with Crippen LogP contribution in [-0.2, 0) is 0 Å². The Kier molecular flexibility index (Phi) is 5.03. The first-order valence-corrected chi connectivity index (χ1v) is 7.49. The van der Waals surface area contributed by atoms with Gasteiger partial charge in [-0.3, -0.25) is 0 Å². The van der Waals surface area contributed by atoms with Crippen molar-refractivity contribution in [3.05, 3.63) is 64.7 Å². The second-order valence-electron chi connectivity index (χ2n) is 5.62. The van der Waals surface area contributed by atoms with Crippen molar-refractivity contribution in [3.8, 4) is 5.75 Å². The fourth-order valence-electron chi connectivity index (χ4n) is 2.49. The fourth-order valence-corrected chi connectivity index (χ4v) is 2.49. The van der Waals surface area contributed by atoms with Crippen LogP contribution in [0.1, 0.15) is 54.5 Å². The van der Waals surface area contributed by atoms with Gasteiger partial charge >= 0.3 is 0 Å². The van der Waals surface area contributed by atoms with Crippen molar-refractivity contribution in [1.82, 2.24) is 0 Å². The van der Waals surface area contributed by atoms with Gasteiger partial charge in [0.15, 0.2) is 0 Å². The van der Waals surface area contributed by atoms with Gasteiger partial charge in [-0.05, 0) is 42.5 Å². The van der Waals surface area contributed by atoms with Gasteiger partial charge in [0, 0.05) is 5.56 Å². The van der Waals surface area contributed by atoms with Crippen molar-refractivity contribution in [3.63, 3.8) is 0 Å². The molecule has 0 aliphatic heterocycles. The molecule has 0 radical (unpaired) electrons. The van der Waals surface area contributed by atoms with Gasteiger partial charge in [0.2, 0.25) is 0 Å². The lowest BCUT2D eigenvalue weighted by molar-refractivity contribution is 0.214. The third-order valence-electron chi connectivity index (χ3n) is 4.11. The molecule has 2 aromatic carbocycles. The quantitative estimate of drug-likeness (QED) is 0.869. The Morgan fingerprint density at radius 1 is 1.05 bits per heavy atom. The Bertz CT molecular complexity index is 587. The number of hydrogen-bond donors (Lipinski definition) is 1. The van der Waals surface area contributed by atoms with Gasteiger partial charge in [-0.25, -0.2) is 0 Å². The molecule has 2 aromatic rings. The molecule has 0 bridgehead atoms. The molecule has 0 spiro atoms. The minimum Gasteiger partial charge on any atom is -0.496 e. The normalized spacial score (nSPS) is 13.8. The molecule has 112 valence electrons. The summed E-state index contributed by atoms with van der Waals surface area (Å²) in [6.07, 6.45) is 0.457. The van der Waals surface area contributed by atoms with Crippen LogP contribution in [0.15, 0.2) is 42.5 Å². The molecule has 0 aromatic heterocycles. The average molecular weight is 284 g/mol. The molecule has 0 amide bonds. The molecule has 1 N–H and O–H groups in total. The Hall–Kier alpha value is -1.80. The second-order valence-corrected chi connectivity index (χ2v) is 5.62. The van der Waals surface area contributed by atoms with Crippen LogP contribution < -0.4 is 4.74 Å². The van der Waals surface area contributed by atoms with E-state index in [0.717, 1.165) is 28.9 Å². The summed E-state index contributed by atoms with van der Waals surface area (Å²) >= 11 is 0. The van der Waals surface area contributed by atoms with E-state index in [-0.39, 0.29) is 0 Å². The molecule has 0 heterocycles. The van der Waals surface area contributed by atoms with E-state index in [0.29, 0.717) is 5.92 Å². The molecular weight excluding hydrogens is 260 g/mol. The van der Waals surface area contributed by atoms with Crippen LogP contribution in [0.2, 0.25) is 0 Å². The number of rotatable bonds is 5. The summed E-state index contributed by atoms with van der Waals surface area (Å²) < 4.78 is 5.36. The van der Waals surface area contributed by atoms with Crippen molar-refractivity contribution < 1.29 is 9.84 Å². The Morgan fingerprint density at radius 2 is 1.67 bits per heavy atom. The van der Waals surface area contributed by atoms with Crippen molar-refractivity contribution in [2.75, 3.05) is 7.11 Å². The number of ether oxygens (including phenoxy) is 1. The van der Waals surface area contributed by atoms with Crippen LogP contribution in [-0.4, -0.2) is 12.2 Å². The number of methoxy groups -OCH3 is 1. The lowest BCUT2D eigenvalue weighted by atomic mass is 9.94. The largest absolute Gasteiger partial charge is 0.496 e. The van der Waals surface area contributed by atoms with E-state index in [4.69, 9.17) is 4.74 Å². The van der Waals surface area contributed by atoms with Crippen LogP contribution in [0.25, 0.3) is 0 Å². The summed E-state index contributed by atoms with van der Waals surface area (Å²) in [4.78, 5) is 0. The first-order valence-electron chi connectivity index (χ1n) is 7.49. The van der Waals surface area contributed by atoms with E-state index in [9.17, 15) is 5.11 Å². The van der Waals surface area contributed by atoms with Gasteiger partial charge < -0.3 is 9.84 Å². The van der Waals surface area contributed by atoms with E-state index >= 15 is 0 Å². The highest BCUT2D eigenvalue weighted by Crippen LogP contribution is 2.31. The minimum absolute atomic E-state index is 0.546. The summed E-state index contributed by atoms with van der Waals surface area (Å²) in [5.74, 6) is 1.27. The van der Waals surface area contributed by atoms with E-state index in [2.05, 4.69) is 26.0 Å². The third-order valence-corrected chi connectivity index (χ3v) is 4.11. The van der Waals surface area contributed by atoms with E-state index in [1.54, 1.807) is 7.11 Å². The lowest BCUT2D eigenvalue weighted by Gasteiger charge is -2.17. The summed E-state index contributed by atoms with van der Waals surface area (Å²) in [7, 11) is 1.63. The summed E-state index contributed by atoms with van der Waals surface area (Å²) in [5.41, 5.74) is 4.13. The van der Waals surface area contributed by atoms with Gasteiger partial charge in [-0.1, -0.05) is 49.7 Å². The van der Waals surface area contributed by atoms with Crippen LogP contribution >= 0.6 is 0 Å². The standard InChI is InChI=1S/C19H24O2/c1-5-14(3)15-7-9-16(10-8-15)19(20)17-12-13(2)6-11-18(17)21-4/h6-12,14,19-20H,5H2,1-4H3. The molecule has 0 fully saturated rings. The Morgan fingerprint density at radius 3 is 2.24 bits per heavy atom. The van der Waals surface area contributed by atoms with Crippen molar-refractivity contribution in [2.45, 2.75) is 39.2 Å². The number of aryl methyl sites for hydroxylation is 1. The molecule has 0 aliphatic rings. The van der Waals surface area contributed by atoms with Crippen molar-refractivity contribution in [1.29, 1.82) is 0 Å². The van der Waals surface area contributed by atoms with Crippen LogP contribution in [0.3, 0.4) is 0 Å². The molecule has 0 saturated heterocycles. The predicted octanol–water partition coefficient (Wildman–Crippen LogP) is 4.60. The molecule has 0 aliphatic carbocycles. The molecule has 2 rings (SSSR count). The topological polar surface area (TPSA) is 29.5 Å². The first-order chi connectivity index (χ1) is 10.1. The van der Waals surface area contributed by atoms with Crippen molar-refractivity contribution in [2.24, 2.45) is 0 Å². The highest BCUT2D eigenvalue weighted by atomic mass is 16.5. The molecule has 2 nitrogen and oxygen atoms in total. The maximum atomic E-state index is 10.6. The predicted molar refractivity (Wildman–Crippen MR) is 86.9 cm³/mol. The number of hydrogen-bond acceptors (Lipinski definition) is 2. The molecular formula is C19H24O2. The average Bonchev–Trinajstić information content (AvgIpc) is 2.53. The van der Waals surface area contributed by atoms with Gasteiger partial charge in [-0.2, -0.15) is 0 Å². The number of benzene rings is 2. The smallest absolute Gasteiger partial charge is 0.125 e. The minimum atomic E-state index is -0.661. The summed E-state index contributed by atoms with van der Waals surface area (Å²) in [6, 6.07) is 14.1. The maximum absolute atomic E-state index is 10.6. The van der Waals surface area contributed by atoms with E-state index in [1.165, 1.54) is 5.56 Å². The SMILES string of the molecule is CCC(C)c1ccc(C(O)c2cc(C)ccc2OC)cc1. The highest BCUT2D eigenvalue weighted by Gasteiger charge is 2.16. The highest BCUT2D eigenvalue weighted by molar-refractivity contribution is 5.43. The molecule has 2 heteroatoms. The zero-order valence-electron chi connectivity index (χ0n) is 13.3. The first kappa shape index (κ1) is 15.6. The van der Waals surface area contributed by atoms with E-state index < -0.39 is 6.10 Å². The van der Waals surface area contributed by atoms with Gasteiger partial charge in [0.25, 0.3) is 0 Å². The number of aliphatic hydroxyl groups is 1. The monoisotopic (exact) mass is 284 g/mol. The van der Waals surface area contributed by atoms with Crippen LogP contribution in [0, 0.1) is 6.92 Å². The molecule has 2 unspecified atom stereocenters. The van der Waals surface area contributed by atoms with Gasteiger partial charge in [0.1, 0.15) is 11.9 Å². The summed E-state index contributed by atoms with van der Waals surface area (Å²) in [5, 5.41) is 10.6. The second kappa shape index (κ2) is 6.77. The Balaban J connectivity index is 2.31. The van der Waals surface area contributed by atoms with Gasteiger partial charge in [0.05, 0.1) is 7.11 Å². The van der Waals surface area contributed by atoms with Crippen LogP contribution in [0.5, 0.6) is 5.75 Å². The zero-order valence-corrected chi connectivity index (χ0v) is 13.3. The van der Waals surface area contributed by atoms with Crippen molar-refractivity contribution >= 4 is 0 Å². The van der Waals surface area contributed by atoms with E-state index in [1.807, 2.05) is 37.3 Å². The third kappa shape index (κ3) is 3.45.